The number of ether oxygens (including phenoxy) is 3. The van der Waals surface area contributed by atoms with Gasteiger partial charge in [0.05, 0.1) is 25.5 Å². The van der Waals surface area contributed by atoms with E-state index < -0.39 is 17.6 Å². The zero-order valence-electron chi connectivity index (χ0n) is 18.3. The number of methoxy groups -OCH3 is 2. The molecule has 3 aromatic rings. The number of rotatable bonds is 9. The van der Waals surface area contributed by atoms with Gasteiger partial charge in [0.25, 0.3) is 11.8 Å². The number of hydrogen-bond donors (Lipinski definition) is 2. The Bertz CT molecular complexity index is 1200. The molecule has 8 nitrogen and oxygen atoms in total. The molecule has 0 aliphatic heterocycles. The molecule has 0 bridgehead atoms. The molecule has 0 aliphatic rings. The molecule has 2 N–H and O–H groups in total. The summed E-state index contributed by atoms with van der Waals surface area (Å²) in [6.45, 7) is -0.350. The summed E-state index contributed by atoms with van der Waals surface area (Å²) in [7, 11) is 2.93. The van der Waals surface area contributed by atoms with Crippen molar-refractivity contribution in [3.8, 4) is 17.2 Å². The van der Waals surface area contributed by atoms with Crippen molar-refractivity contribution >= 4 is 35.3 Å². The maximum Gasteiger partial charge on any atom is 0.271 e. The second-order valence-electron chi connectivity index (χ2n) is 6.81. The number of carbonyl (C=O) groups is 2. The lowest BCUT2D eigenvalue weighted by atomic mass is 10.2. The van der Waals surface area contributed by atoms with Gasteiger partial charge in [0.15, 0.2) is 18.1 Å². The smallest absolute Gasteiger partial charge is 0.271 e. The zero-order chi connectivity index (χ0) is 24.5. The van der Waals surface area contributed by atoms with Crippen LogP contribution in [0.25, 0.3) is 0 Å². The highest BCUT2D eigenvalue weighted by Gasteiger charge is 2.14. The van der Waals surface area contributed by atoms with Crippen LogP contribution < -0.4 is 25.0 Å². The van der Waals surface area contributed by atoms with Gasteiger partial charge in [-0.1, -0.05) is 17.7 Å². The lowest BCUT2D eigenvalue weighted by molar-refractivity contribution is -0.118. The lowest BCUT2D eigenvalue weighted by Crippen LogP contribution is -2.20. The minimum atomic E-state index is -0.462. The average molecular weight is 486 g/mol. The minimum Gasteiger partial charge on any atom is -0.497 e. The Kier molecular flexibility index (Phi) is 8.42. The van der Waals surface area contributed by atoms with Crippen molar-refractivity contribution in [3.05, 3.63) is 82.6 Å². The molecule has 10 heteroatoms. The molecule has 0 aliphatic carbocycles. The molecule has 0 saturated heterocycles. The summed E-state index contributed by atoms with van der Waals surface area (Å²) in [5, 5.41) is 6.69. The van der Waals surface area contributed by atoms with Gasteiger partial charge < -0.3 is 19.5 Å². The third-order valence-corrected chi connectivity index (χ3v) is 4.72. The maximum atomic E-state index is 13.0. The van der Waals surface area contributed by atoms with E-state index >= 15 is 0 Å². The van der Waals surface area contributed by atoms with Crippen LogP contribution in [0.15, 0.2) is 65.8 Å². The van der Waals surface area contributed by atoms with Gasteiger partial charge in [-0.2, -0.15) is 5.10 Å². The second-order valence-corrected chi connectivity index (χ2v) is 7.22. The third kappa shape index (κ3) is 6.69. The number of nitrogens with zero attached hydrogens (tertiary/aromatic N) is 1. The van der Waals surface area contributed by atoms with Crippen molar-refractivity contribution in [2.45, 2.75) is 0 Å². The summed E-state index contributed by atoms with van der Waals surface area (Å²) in [6, 6.07) is 15.1. The summed E-state index contributed by atoms with van der Waals surface area (Å²) in [5.74, 6) is -0.307. The third-order valence-electron chi connectivity index (χ3n) is 4.44. The molecule has 3 aromatic carbocycles. The van der Waals surface area contributed by atoms with Crippen LogP contribution >= 0.6 is 11.6 Å². The number of amides is 2. The van der Waals surface area contributed by atoms with Crippen LogP contribution in [0.3, 0.4) is 0 Å². The standard InChI is InChI=1S/C24H21ClFN3O5/c1-32-19-5-3-4-16(12-19)24(31)29-27-13-15-10-20(25)23(21(11-15)33-2)34-14-22(30)28-18-8-6-17(26)7-9-18/h3-13H,14H2,1-2H3,(H,28,30)(H,29,31). The van der Waals surface area contributed by atoms with Crippen molar-refractivity contribution in [1.82, 2.24) is 5.43 Å². The molecule has 2 amide bonds. The molecular formula is C24H21ClFN3O5. The number of halogens is 2. The summed E-state index contributed by atoms with van der Waals surface area (Å²) in [6.07, 6.45) is 1.39. The number of anilines is 1. The van der Waals surface area contributed by atoms with Crippen LogP contribution in [0.2, 0.25) is 5.02 Å². The molecule has 0 aromatic heterocycles. The first-order valence-corrected chi connectivity index (χ1v) is 10.3. The van der Waals surface area contributed by atoms with Gasteiger partial charge in [-0.25, -0.2) is 9.82 Å². The van der Waals surface area contributed by atoms with E-state index in [9.17, 15) is 14.0 Å². The van der Waals surface area contributed by atoms with Gasteiger partial charge >= 0.3 is 0 Å². The van der Waals surface area contributed by atoms with Gasteiger partial charge in [-0.05, 0) is 60.2 Å². The Balaban J connectivity index is 1.62. The topological polar surface area (TPSA) is 98.3 Å². The lowest BCUT2D eigenvalue weighted by Gasteiger charge is -2.13. The van der Waals surface area contributed by atoms with Crippen molar-refractivity contribution in [1.29, 1.82) is 0 Å². The highest BCUT2D eigenvalue weighted by atomic mass is 35.5. The summed E-state index contributed by atoms with van der Waals surface area (Å²) in [5.41, 5.74) is 3.75. The van der Waals surface area contributed by atoms with Crippen LogP contribution in [0.4, 0.5) is 10.1 Å². The molecule has 0 heterocycles. The second kappa shape index (κ2) is 11.7. The molecule has 34 heavy (non-hydrogen) atoms. The van der Waals surface area contributed by atoms with Gasteiger partial charge in [-0.3, -0.25) is 9.59 Å². The molecule has 0 atom stereocenters. The van der Waals surface area contributed by atoms with Gasteiger partial charge in [0, 0.05) is 11.3 Å². The molecule has 3 rings (SSSR count). The fourth-order valence-electron chi connectivity index (χ4n) is 2.82. The summed E-state index contributed by atoms with van der Waals surface area (Å²) >= 11 is 6.30. The first-order chi connectivity index (χ1) is 16.4. The van der Waals surface area contributed by atoms with Crippen molar-refractivity contribution < 1.29 is 28.2 Å². The molecule has 0 saturated carbocycles. The van der Waals surface area contributed by atoms with E-state index in [0.717, 1.165) is 0 Å². The highest BCUT2D eigenvalue weighted by Crippen LogP contribution is 2.36. The van der Waals surface area contributed by atoms with E-state index in [1.807, 2.05) is 0 Å². The Morgan fingerprint density at radius 3 is 2.53 bits per heavy atom. The van der Waals surface area contributed by atoms with Crippen LogP contribution in [-0.4, -0.2) is 38.9 Å². The number of hydrogen-bond acceptors (Lipinski definition) is 6. The van der Waals surface area contributed by atoms with Crippen LogP contribution in [0, 0.1) is 5.82 Å². The zero-order valence-corrected chi connectivity index (χ0v) is 19.1. The normalized spacial score (nSPS) is 10.6. The van der Waals surface area contributed by atoms with Gasteiger partial charge in [0.1, 0.15) is 11.6 Å². The van der Waals surface area contributed by atoms with E-state index in [0.29, 0.717) is 22.6 Å². The molecule has 176 valence electrons. The largest absolute Gasteiger partial charge is 0.497 e. The first kappa shape index (κ1) is 24.5. The first-order valence-electron chi connectivity index (χ1n) is 9.93. The number of nitrogens with one attached hydrogen (secondary N) is 2. The average Bonchev–Trinajstić information content (AvgIpc) is 2.84. The Morgan fingerprint density at radius 1 is 1.06 bits per heavy atom. The van der Waals surface area contributed by atoms with E-state index in [4.69, 9.17) is 25.8 Å². The maximum absolute atomic E-state index is 13.0. The van der Waals surface area contributed by atoms with E-state index in [1.165, 1.54) is 44.7 Å². The van der Waals surface area contributed by atoms with E-state index in [1.54, 1.807) is 36.4 Å². The Labute approximate surface area is 200 Å². The molecular weight excluding hydrogens is 465 g/mol. The van der Waals surface area contributed by atoms with Crippen LogP contribution in [0.5, 0.6) is 17.2 Å². The van der Waals surface area contributed by atoms with Crippen molar-refractivity contribution in [2.75, 3.05) is 26.1 Å². The predicted octanol–water partition coefficient (Wildman–Crippen LogP) is 4.28. The SMILES string of the molecule is COc1cccc(C(=O)NN=Cc2cc(Cl)c(OCC(=O)Nc3ccc(F)cc3)c(OC)c2)c1. The molecule has 0 unspecified atom stereocenters. The summed E-state index contributed by atoms with van der Waals surface area (Å²) in [4.78, 5) is 24.4. The van der Waals surface area contributed by atoms with Gasteiger partial charge in [-0.15, -0.1) is 0 Å². The Morgan fingerprint density at radius 2 is 1.82 bits per heavy atom. The monoisotopic (exact) mass is 485 g/mol. The fourth-order valence-corrected chi connectivity index (χ4v) is 3.09. The van der Waals surface area contributed by atoms with Gasteiger partial charge in [0.2, 0.25) is 0 Å². The van der Waals surface area contributed by atoms with E-state index in [2.05, 4.69) is 15.8 Å². The number of hydrazone groups is 1. The fraction of sp³-hybridized carbons (Fsp3) is 0.125. The Hall–Kier alpha value is -4.11. The number of benzene rings is 3. The van der Waals surface area contributed by atoms with E-state index in [-0.39, 0.29) is 23.1 Å². The highest BCUT2D eigenvalue weighted by molar-refractivity contribution is 6.32. The van der Waals surface area contributed by atoms with Crippen LogP contribution in [0.1, 0.15) is 15.9 Å². The van der Waals surface area contributed by atoms with Crippen LogP contribution in [-0.2, 0) is 4.79 Å². The molecule has 0 fully saturated rings. The quantitative estimate of drug-likeness (QED) is 0.348. The minimum absolute atomic E-state index is 0.163. The van der Waals surface area contributed by atoms with Crippen molar-refractivity contribution in [3.63, 3.8) is 0 Å². The number of carbonyl (C=O) groups excluding carboxylic acids is 2. The molecule has 0 spiro atoms. The summed E-state index contributed by atoms with van der Waals surface area (Å²) < 4.78 is 28.9. The molecule has 0 radical (unpaired) electrons. The predicted molar refractivity (Wildman–Crippen MR) is 127 cm³/mol. The van der Waals surface area contributed by atoms with Crippen molar-refractivity contribution in [2.24, 2.45) is 5.10 Å².